The average Bonchev–Trinajstić information content (AvgIpc) is 2.10. The molecule has 3 N–H and O–H groups in total. The number of nitrogens with two attached hydrogens (primary N) is 1. The summed E-state index contributed by atoms with van der Waals surface area (Å²) in [5.41, 5.74) is 7.37. The lowest BCUT2D eigenvalue weighted by molar-refractivity contribution is 0.523. The van der Waals surface area contributed by atoms with Crippen LogP contribution in [0.1, 0.15) is 31.7 Å². The van der Waals surface area contributed by atoms with Crippen molar-refractivity contribution >= 4 is 5.82 Å². The van der Waals surface area contributed by atoms with Crippen LogP contribution < -0.4 is 11.1 Å². The van der Waals surface area contributed by atoms with E-state index in [1.165, 1.54) is 0 Å². The Labute approximate surface area is 91.3 Å². The number of nitrogens with zero attached hydrogens (tertiary/aromatic N) is 2. The first-order chi connectivity index (χ1) is 6.94. The fraction of sp³-hybridized carbons (Fsp3) is 0.636. The molecular formula is C11H20N4. The van der Waals surface area contributed by atoms with Crippen molar-refractivity contribution in [1.29, 1.82) is 0 Å². The molecule has 1 aromatic heterocycles. The lowest BCUT2D eigenvalue weighted by Gasteiger charge is -2.27. The van der Waals surface area contributed by atoms with Crippen molar-refractivity contribution in [3.05, 3.63) is 17.6 Å². The van der Waals surface area contributed by atoms with Gasteiger partial charge in [0.2, 0.25) is 0 Å². The van der Waals surface area contributed by atoms with E-state index in [1.54, 1.807) is 6.20 Å². The molecule has 0 spiro atoms. The maximum Gasteiger partial charge on any atom is 0.148 e. The van der Waals surface area contributed by atoms with E-state index in [4.69, 9.17) is 5.73 Å². The second-order valence-electron chi connectivity index (χ2n) is 4.49. The van der Waals surface area contributed by atoms with Crippen molar-refractivity contribution in [3.8, 4) is 0 Å². The first-order valence-corrected chi connectivity index (χ1v) is 5.23. The number of rotatable bonds is 4. The van der Waals surface area contributed by atoms with Gasteiger partial charge in [-0.05, 0) is 40.7 Å². The van der Waals surface area contributed by atoms with Crippen molar-refractivity contribution in [1.82, 2.24) is 9.97 Å². The summed E-state index contributed by atoms with van der Waals surface area (Å²) < 4.78 is 0. The Kier molecular flexibility index (Phi) is 3.63. The van der Waals surface area contributed by atoms with Crippen LogP contribution in [0, 0.1) is 13.8 Å². The van der Waals surface area contributed by atoms with Crippen LogP contribution >= 0.6 is 0 Å². The van der Waals surface area contributed by atoms with Gasteiger partial charge in [-0.1, -0.05) is 0 Å². The normalized spacial score (nSPS) is 11.5. The van der Waals surface area contributed by atoms with Crippen molar-refractivity contribution in [2.24, 2.45) is 5.73 Å². The Balaban J connectivity index is 2.83. The van der Waals surface area contributed by atoms with Gasteiger partial charge in [0.05, 0.1) is 11.4 Å². The van der Waals surface area contributed by atoms with Crippen LogP contribution in [0.15, 0.2) is 6.20 Å². The highest BCUT2D eigenvalue weighted by molar-refractivity contribution is 5.41. The third-order valence-corrected chi connectivity index (χ3v) is 2.30. The molecule has 84 valence electrons. The Bertz CT molecular complexity index is 333. The minimum absolute atomic E-state index is 0.0397. The van der Waals surface area contributed by atoms with Crippen molar-refractivity contribution in [2.45, 2.75) is 39.7 Å². The predicted molar refractivity (Wildman–Crippen MR) is 62.9 cm³/mol. The van der Waals surface area contributed by atoms with Crippen molar-refractivity contribution in [2.75, 3.05) is 11.9 Å². The van der Waals surface area contributed by atoms with E-state index in [0.29, 0.717) is 6.54 Å². The molecule has 0 atom stereocenters. The van der Waals surface area contributed by atoms with E-state index in [0.717, 1.165) is 23.6 Å². The van der Waals surface area contributed by atoms with Crippen LogP contribution in [-0.2, 0) is 0 Å². The molecular weight excluding hydrogens is 188 g/mol. The van der Waals surface area contributed by atoms with Crippen LogP contribution in [0.25, 0.3) is 0 Å². The SMILES string of the molecule is Cc1cnc(C)c(NC(C)(C)CCN)n1. The minimum Gasteiger partial charge on any atom is -0.364 e. The van der Waals surface area contributed by atoms with E-state index in [9.17, 15) is 0 Å². The molecule has 1 heterocycles. The molecule has 0 aromatic carbocycles. The zero-order valence-corrected chi connectivity index (χ0v) is 9.96. The standard InChI is InChI=1S/C11H20N4/c1-8-7-13-9(2)10(14-8)15-11(3,4)5-6-12/h7H,5-6,12H2,1-4H3,(H,14,15). The monoisotopic (exact) mass is 208 g/mol. The number of aromatic nitrogens is 2. The summed E-state index contributed by atoms with van der Waals surface area (Å²) in [5.74, 6) is 0.855. The van der Waals surface area contributed by atoms with Crippen molar-refractivity contribution in [3.63, 3.8) is 0 Å². The Morgan fingerprint density at radius 1 is 1.40 bits per heavy atom. The highest BCUT2D eigenvalue weighted by Crippen LogP contribution is 2.17. The molecule has 0 aliphatic rings. The van der Waals surface area contributed by atoms with Gasteiger partial charge in [-0.25, -0.2) is 4.98 Å². The topological polar surface area (TPSA) is 63.8 Å². The minimum atomic E-state index is -0.0397. The highest BCUT2D eigenvalue weighted by atomic mass is 15.1. The molecule has 0 saturated heterocycles. The fourth-order valence-corrected chi connectivity index (χ4v) is 1.40. The lowest BCUT2D eigenvalue weighted by atomic mass is 10.0. The van der Waals surface area contributed by atoms with Crippen molar-refractivity contribution < 1.29 is 0 Å². The molecule has 4 nitrogen and oxygen atoms in total. The predicted octanol–water partition coefficient (Wildman–Crippen LogP) is 1.63. The molecule has 0 radical (unpaired) electrons. The summed E-state index contributed by atoms with van der Waals surface area (Å²) in [5, 5.41) is 3.37. The second-order valence-corrected chi connectivity index (χ2v) is 4.49. The molecule has 15 heavy (non-hydrogen) atoms. The molecule has 0 fully saturated rings. The average molecular weight is 208 g/mol. The zero-order valence-electron chi connectivity index (χ0n) is 9.96. The Hall–Kier alpha value is -1.16. The number of hydrogen-bond acceptors (Lipinski definition) is 4. The van der Waals surface area contributed by atoms with Gasteiger partial charge in [0.1, 0.15) is 5.82 Å². The molecule has 0 aliphatic carbocycles. The van der Waals surface area contributed by atoms with Gasteiger partial charge >= 0.3 is 0 Å². The highest BCUT2D eigenvalue weighted by Gasteiger charge is 2.18. The quantitative estimate of drug-likeness (QED) is 0.789. The van der Waals surface area contributed by atoms with Gasteiger partial charge in [-0.2, -0.15) is 0 Å². The first kappa shape index (κ1) is 11.9. The van der Waals surface area contributed by atoms with Gasteiger partial charge in [0.25, 0.3) is 0 Å². The molecule has 0 saturated carbocycles. The number of hydrogen-bond donors (Lipinski definition) is 2. The van der Waals surface area contributed by atoms with E-state index < -0.39 is 0 Å². The van der Waals surface area contributed by atoms with Gasteiger partial charge in [0, 0.05) is 11.7 Å². The lowest BCUT2D eigenvalue weighted by Crippen LogP contribution is -2.34. The van der Waals surface area contributed by atoms with E-state index in [-0.39, 0.29) is 5.54 Å². The summed E-state index contributed by atoms with van der Waals surface area (Å²) in [4.78, 5) is 8.69. The second kappa shape index (κ2) is 4.57. The van der Waals surface area contributed by atoms with Gasteiger partial charge < -0.3 is 11.1 Å². The summed E-state index contributed by atoms with van der Waals surface area (Å²) in [6.45, 7) is 8.78. The molecule has 0 unspecified atom stereocenters. The van der Waals surface area contributed by atoms with E-state index in [1.807, 2.05) is 13.8 Å². The number of aryl methyl sites for hydroxylation is 2. The van der Waals surface area contributed by atoms with Crippen LogP contribution in [0.2, 0.25) is 0 Å². The zero-order chi connectivity index (χ0) is 11.5. The smallest absolute Gasteiger partial charge is 0.148 e. The molecule has 0 aliphatic heterocycles. The first-order valence-electron chi connectivity index (χ1n) is 5.23. The molecule has 1 aromatic rings. The van der Waals surface area contributed by atoms with E-state index >= 15 is 0 Å². The van der Waals surface area contributed by atoms with Crippen LogP contribution in [0.4, 0.5) is 5.82 Å². The molecule has 1 rings (SSSR count). The number of nitrogens with one attached hydrogen (secondary N) is 1. The third kappa shape index (κ3) is 3.47. The maximum absolute atomic E-state index is 5.56. The Morgan fingerprint density at radius 2 is 2.07 bits per heavy atom. The summed E-state index contributed by atoms with van der Waals surface area (Å²) in [6.07, 6.45) is 2.68. The molecule has 0 bridgehead atoms. The van der Waals surface area contributed by atoms with Gasteiger partial charge in [-0.3, -0.25) is 4.98 Å². The van der Waals surface area contributed by atoms with Gasteiger partial charge in [-0.15, -0.1) is 0 Å². The van der Waals surface area contributed by atoms with E-state index in [2.05, 4.69) is 29.1 Å². The third-order valence-electron chi connectivity index (χ3n) is 2.30. The molecule has 0 amide bonds. The van der Waals surface area contributed by atoms with Crippen LogP contribution in [-0.4, -0.2) is 22.1 Å². The largest absolute Gasteiger partial charge is 0.364 e. The summed E-state index contributed by atoms with van der Waals surface area (Å²) in [6, 6.07) is 0. The Morgan fingerprint density at radius 3 is 2.67 bits per heavy atom. The summed E-state index contributed by atoms with van der Waals surface area (Å²) >= 11 is 0. The number of anilines is 1. The summed E-state index contributed by atoms with van der Waals surface area (Å²) in [7, 11) is 0. The van der Waals surface area contributed by atoms with Crippen LogP contribution in [0.3, 0.4) is 0 Å². The molecule has 4 heteroatoms. The fourth-order valence-electron chi connectivity index (χ4n) is 1.40. The van der Waals surface area contributed by atoms with Gasteiger partial charge in [0.15, 0.2) is 0 Å². The maximum atomic E-state index is 5.56. The van der Waals surface area contributed by atoms with Crippen LogP contribution in [0.5, 0.6) is 0 Å².